The Balaban J connectivity index is 1.96. The topological polar surface area (TPSA) is 69.9 Å². The van der Waals surface area contributed by atoms with E-state index in [1.54, 1.807) is 45.2 Å². The van der Waals surface area contributed by atoms with Crippen molar-refractivity contribution >= 4 is 39.3 Å². The van der Waals surface area contributed by atoms with Crippen LogP contribution in [0.5, 0.6) is 5.75 Å². The van der Waals surface area contributed by atoms with Crippen molar-refractivity contribution in [3.05, 3.63) is 94.8 Å². The number of fused-ring (bicyclic) bond motifs is 1. The summed E-state index contributed by atoms with van der Waals surface area (Å²) in [5.41, 5.74) is 1.88. The first-order valence-electron chi connectivity index (χ1n) is 10.1. The summed E-state index contributed by atoms with van der Waals surface area (Å²) in [5.74, 6) is -0.252. The van der Waals surface area contributed by atoms with Gasteiger partial charge in [0.25, 0.3) is 5.56 Å². The predicted molar refractivity (Wildman–Crippen MR) is 127 cm³/mol. The van der Waals surface area contributed by atoms with Crippen LogP contribution in [0.3, 0.4) is 0 Å². The Hall–Kier alpha value is -3.04. The van der Waals surface area contributed by atoms with Gasteiger partial charge in [-0.3, -0.25) is 9.36 Å². The van der Waals surface area contributed by atoms with E-state index in [0.29, 0.717) is 42.0 Å². The molecular formula is C24H20BrFN2O4S. The van der Waals surface area contributed by atoms with Gasteiger partial charge < -0.3 is 9.47 Å². The first kappa shape index (κ1) is 23.1. The van der Waals surface area contributed by atoms with E-state index in [4.69, 9.17) is 9.47 Å². The molecule has 0 aliphatic carbocycles. The van der Waals surface area contributed by atoms with Crippen molar-refractivity contribution in [2.45, 2.75) is 19.9 Å². The highest BCUT2D eigenvalue weighted by Crippen LogP contribution is 2.34. The zero-order valence-electron chi connectivity index (χ0n) is 18.1. The van der Waals surface area contributed by atoms with Gasteiger partial charge in [0.05, 0.1) is 40.0 Å². The van der Waals surface area contributed by atoms with Gasteiger partial charge in [-0.1, -0.05) is 29.5 Å². The predicted octanol–water partition coefficient (Wildman–Crippen LogP) is 3.71. The maximum absolute atomic E-state index is 13.5. The molecule has 0 radical (unpaired) electrons. The summed E-state index contributed by atoms with van der Waals surface area (Å²) in [6.07, 6.45) is 1.69. The second kappa shape index (κ2) is 9.44. The van der Waals surface area contributed by atoms with Gasteiger partial charge in [-0.05, 0) is 71.2 Å². The van der Waals surface area contributed by atoms with Crippen LogP contribution in [0.4, 0.5) is 4.39 Å². The lowest BCUT2D eigenvalue weighted by Crippen LogP contribution is -2.39. The quantitative estimate of drug-likeness (QED) is 0.471. The standard InChI is InChI=1S/C24H20BrFN2O4S/c1-4-32-23(30)20-13(2)27-24-28(21(20)15-7-10-18(31-3)17(25)12-15)22(29)19(33-24)11-14-5-8-16(26)9-6-14/h5-12,21H,4H2,1-3H3/b19-11-/t21-/m0/s1. The van der Waals surface area contributed by atoms with Gasteiger partial charge in [0.2, 0.25) is 0 Å². The van der Waals surface area contributed by atoms with Crippen molar-refractivity contribution in [2.75, 3.05) is 13.7 Å². The largest absolute Gasteiger partial charge is 0.496 e. The molecule has 9 heteroatoms. The normalized spacial score (nSPS) is 15.8. The van der Waals surface area contributed by atoms with Crippen LogP contribution in [0.25, 0.3) is 6.08 Å². The summed E-state index contributed by atoms with van der Waals surface area (Å²) < 4.78 is 26.5. The number of hydrogen-bond donors (Lipinski definition) is 0. The van der Waals surface area contributed by atoms with Crippen molar-refractivity contribution < 1.29 is 18.7 Å². The van der Waals surface area contributed by atoms with Crippen molar-refractivity contribution in [1.82, 2.24) is 4.57 Å². The molecule has 33 heavy (non-hydrogen) atoms. The van der Waals surface area contributed by atoms with E-state index in [0.717, 1.165) is 0 Å². The fourth-order valence-electron chi connectivity index (χ4n) is 3.67. The summed E-state index contributed by atoms with van der Waals surface area (Å²) in [7, 11) is 1.56. The molecule has 3 aromatic rings. The zero-order valence-corrected chi connectivity index (χ0v) is 20.5. The number of nitrogens with zero attached hydrogens (tertiary/aromatic N) is 2. The summed E-state index contributed by atoms with van der Waals surface area (Å²) >= 11 is 4.70. The average molecular weight is 531 g/mol. The molecule has 2 aromatic carbocycles. The Morgan fingerprint density at radius 3 is 2.64 bits per heavy atom. The molecule has 1 aliphatic rings. The Bertz CT molecular complexity index is 1440. The number of ether oxygens (including phenoxy) is 2. The first-order chi connectivity index (χ1) is 15.8. The minimum absolute atomic E-state index is 0.198. The minimum atomic E-state index is -0.724. The van der Waals surface area contributed by atoms with Gasteiger partial charge in [-0.15, -0.1) is 0 Å². The number of carbonyl (C=O) groups excluding carboxylic acids is 1. The lowest BCUT2D eigenvalue weighted by Gasteiger charge is -2.25. The van der Waals surface area contributed by atoms with E-state index >= 15 is 0 Å². The molecule has 0 saturated carbocycles. The molecule has 0 spiro atoms. The van der Waals surface area contributed by atoms with Crippen molar-refractivity contribution in [3.8, 4) is 5.75 Å². The SMILES string of the molecule is CCOC(=O)C1=C(C)N=c2s/c(=C\c3ccc(F)cc3)c(=O)n2[C@H]1c1ccc(OC)c(Br)c1. The molecular weight excluding hydrogens is 511 g/mol. The minimum Gasteiger partial charge on any atom is -0.496 e. The van der Waals surface area contributed by atoms with Gasteiger partial charge in [0, 0.05) is 0 Å². The third kappa shape index (κ3) is 4.43. The molecule has 4 rings (SSSR count). The highest BCUT2D eigenvalue weighted by Gasteiger charge is 2.33. The zero-order chi connectivity index (χ0) is 23.7. The molecule has 170 valence electrons. The van der Waals surface area contributed by atoms with Crippen molar-refractivity contribution in [1.29, 1.82) is 0 Å². The maximum Gasteiger partial charge on any atom is 0.338 e. The van der Waals surface area contributed by atoms with E-state index in [9.17, 15) is 14.0 Å². The van der Waals surface area contributed by atoms with Crippen LogP contribution in [0, 0.1) is 5.82 Å². The number of esters is 1. The van der Waals surface area contributed by atoms with Crippen LogP contribution in [0.15, 0.2) is 68.0 Å². The summed E-state index contributed by atoms with van der Waals surface area (Å²) in [5, 5.41) is 0. The molecule has 1 aromatic heterocycles. The van der Waals surface area contributed by atoms with E-state index in [2.05, 4.69) is 20.9 Å². The number of allylic oxidation sites excluding steroid dienone is 1. The van der Waals surface area contributed by atoms with E-state index in [1.165, 1.54) is 28.0 Å². The molecule has 6 nitrogen and oxygen atoms in total. The monoisotopic (exact) mass is 530 g/mol. The smallest absolute Gasteiger partial charge is 0.338 e. The van der Waals surface area contributed by atoms with Gasteiger partial charge in [-0.2, -0.15) is 0 Å². The lowest BCUT2D eigenvalue weighted by molar-refractivity contribution is -0.139. The van der Waals surface area contributed by atoms with E-state index in [-0.39, 0.29) is 18.0 Å². The van der Waals surface area contributed by atoms with Gasteiger partial charge in [0.15, 0.2) is 4.80 Å². The van der Waals surface area contributed by atoms with Crippen LogP contribution < -0.4 is 19.6 Å². The van der Waals surface area contributed by atoms with Crippen LogP contribution in [-0.2, 0) is 9.53 Å². The number of hydrogen-bond acceptors (Lipinski definition) is 6. The molecule has 0 N–H and O–H groups in total. The second-order valence-electron chi connectivity index (χ2n) is 7.25. The number of aromatic nitrogens is 1. The van der Waals surface area contributed by atoms with Gasteiger partial charge in [0.1, 0.15) is 11.6 Å². The first-order valence-corrected chi connectivity index (χ1v) is 11.7. The average Bonchev–Trinajstić information content (AvgIpc) is 3.09. The number of rotatable bonds is 5. The van der Waals surface area contributed by atoms with Crippen LogP contribution in [-0.4, -0.2) is 24.3 Å². The van der Waals surface area contributed by atoms with Gasteiger partial charge >= 0.3 is 5.97 Å². The van der Waals surface area contributed by atoms with Crippen molar-refractivity contribution in [3.63, 3.8) is 0 Å². The molecule has 0 bridgehead atoms. The molecule has 1 aliphatic heterocycles. The second-order valence-corrected chi connectivity index (χ2v) is 9.11. The van der Waals surface area contributed by atoms with Crippen LogP contribution in [0.1, 0.15) is 31.0 Å². The number of methoxy groups -OCH3 is 1. The number of halogens is 2. The Morgan fingerprint density at radius 2 is 2.00 bits per heavy atom. The Morgan fingerprint density at radius 1 is 1.27 bits per heavy atom. The molecule has 2 heterocycles. The molecule has 0 fully saturated rings. The highest BCUT2D eigenvalue weighted by molar-refractivity contribution is 9.10. The van der Waals surface area contributed by atoms with Gasteiger partial charge in [-0.25, -0.2) is 14.2 Å². The third-order valence-corrected chi connectivity index (χ3v) is 6.78. The Kier molecular flexibility index (Phi) is 6.62. The van der Waals surface area contributed by atoms with Crippen LogP contribution >= 0.6 is 27.3 Å². The third-order valence-electron chi connectivity index (χ3n) is 5.18. The fourth-order valence-corrected chi connectivity index (χ4v) is 5.27. The Labute approximate surface area is 201 Å². The number of benzene rings is 2. The lowest BCUT2D eigenvalue weighted by atomic mass is 9.96. The molecule has 0 amide bonds. The van der Waals surface area contributed by atoms with Crippen molar-refractivity contribution in [2.24, 2.45) is 4.99 Å². The summed E-state index contributed by atoms with van der Waals surface area (Å²) in [4.78, 5) is 31.4. The van der Waals surface area contributed by atoms with Crippen LogP contribution in [0.2, 0.25) is 0 Å². The maximum atomic E-state index is 13.5. The summed E-state index contributed by atoms with van der Waals surface area (Å²) in [6, 6.07) is 10.5. The van der Waals surface area contributed by atoms with E-state index in [1.807, 2.05) is 12.1 Å². The number of thiazole rings is 1. The fraction of sp³-hybridized carbons (Fsp3) is 0.208. The van der Waals surface area contributed by atoms with E-state index < -0.39 is 12.0 Å². The molecule has 0 unspecified atom stereocenters. The molecule has 1 atom stereocenters. The molecule has 0 saturated heterocycles. The number of carbonyl (C=O) groups is 1. The summed E-state index contributed by atoms with van der Waals surface area (Å²) in [6.45, 7) is 3.66. The highest BCUT2D eigenvalue weighted by atomic mass is 79.9.